The molecule has 1 rings (SSSR count). The Labute approximate surface area is 93.7 Å². The van der Waals surface area contributed by atoms with E-state index in [0.29, 0.717) is 24.1 Å². The van der Waals surface area contributed by atoms with Crippen molar-refractivity contribution in [2.75, 3.05) is 19.0 Å². The van der Waals surface area contributed by atoms with Crippen molar-refractivity contribution < 1.29 is 9.53 Å². The first-order valence-electron chi connectivity index (χ1n) is 4.87. The van der Waals surface area contributed by atoms with Crippen LogP contribution < -0.4 is 5.32 Å². The highest BCUT2D eigenvalue weighted by molar-refractivity contribution is 7.13. The second-order valence-corrected chi connectivity index (χ2v) is 4.38. The van der Waals surface area contributed by atoms with Gasteiger partial charge in [0, 0.05) is 12.5 Å². The molecular formula is C10H16N2O2S. The van der Waals surface area contributed by atoms with E-state index in [1.807, 2.05) is 5.38 Å². The fourth-order valence-corrected chi connectivity index (χ4v) is 1.87. The van der Waals surface area contributed by atoms with Gasteiger partial charge in [-0.1, -0.05) is 13.8 Å². The minimum absolute atomic E-state index is 0.0542. The van der Waals surface area contributed by atoms with Gasteiger partial charge in [0.1, 0.15) is 0 Å². The molecule has 1 aromatic rings. The molecule has 5 heteroatoms. The molecule has 0 atom stereocenters. The van der Waals surface area contributed by atoms with Crippen molar-refractivity contribution in [3.63, 3.8) is 0 Å². The number of carbonyl (C=O) groups excluding carboxylic acids is 1. The van der Waals surface area contributed by atoms with Gasteiger partial charge >= 0.3 is 0 Å². The number of hydrogen-bond acceptors (Lipinski definition) is 4. The van der Waals surface area contributed by atoms with Crippen molar-refractivity contribution in [2.45, 2.75) is 26.2 Å². The predicted molar refractivity (Wildman–Crippen MR) is 61.3 cm³/mol. The molecule has 0 unspecified atom stereocenters. The highest BCUT2D eigenvalue weighted by Gasteiger charge is 2.08. The highest BCUT2D eigenvalue weighted by atomic mass is 32.1. The summed E-state index contributed by atoms with van der Waals surface area (Å²) in [5.41, 5.74) is 1.02. The van der Waals surface area contributed by atoms with Crippen LogP contribution in [0, 0.1) is 0 Å². The Hall–Kier alpha value is -0.940. The van der Waals surface area contributed by atoms with Gasteiger partial charge in [0.25, 0.3) is 0 Å². The first kappa shape index (κ1) is 12.1. The molecule has 0 aliphatic rings. The second-order valence-electron chi connectivity index (χ2n) is 3.52. The fourth-order valence-electron chi connectivity index (χ4n) is 0.985. The number of nitrogens with zero attached hydrogens (tertiary/aromatic N) is 1. The van der Waals surface area contributed by atoms with Crippen molar-refractivity contribution >= 4 is 22.4 Å². The van der Waals surface area contributed by atoms with E-state index in [0.717, 1.165) is 5.69 Å². The van der Waals surface area contributed by atoms with E-state index in [2.05, 4.69) is 24.1 Å². The third-order valence-corrected chi connectivity index (χ3v) is 2.67. The smallest absolute Gasteiger partial charge is 0.228 e. The van der Waals surface area contributed by atoms with Crippen molar-refractivity contribution in [3.05, 3.63) is 11.1 Å². The quantitative estimate of drug-likeness (QED) is 0.841. The summed E-state index contributed by atoms with van der Waals surface area (Å²) in [4.78, 5) is 15.6. The Morgan fingerprint density at radius 2 is 2.40 bits per heavy atom. The molecule has 0 aliphatic heterocycles. The van der Waals surface area contributed by atoms with E-state index in [1.165, 1.54) is 11.3 Å². The molecule has 0 saturated heterocycles. The average molecular weight is 228 g/mol. The van der Waals surface area contributed by atoms with Gasteiger partial charge in [-0.3, -0.25) is 4.79 Å². The summed E-state index contributed by atoms with van der Waals surface area (Å²) in [7, 11) is 1.58. The summed E-state index contributed by atoms with van der Waals surface area (Å²) in [6.45, 7) is 4.59. The van der Waals surface area contributed by atoms with Crippen LogP contribution in [-0.4, -0.2) is 24.6 Å². The van der Waals surface area contributed by atoms with Gasteiger partial charge in [0.15, 0.2) is 5.13 Å². The predicted octanol–water partition coefficient (Wildman–Crippen LogP) is 2.24. The zero-order valence-electron chi connectivity index (χ0n) is 9.24. The lowest BCUT2D eigenvalue weighted by atomic mass is 10.2. The molecule has 0 bridgehead atoms. The number of thiazole rings is 1. The van der Waals surface area contributed by atoms with E-state index >= 15 is 0 Å². The Morgan fingerprint density at radius 3 is 2.93 bits per heavy atom. The topological polar surface area (TPSA) is 51.2 Å². The molecule has 0 aromatic carbocycles. The molecule has 84 valence electrons. The van der Waals surface area contributed by atoms with Crippen molar-refractivity contribution in [3.8, 4) is 0 Å². The number of ether oxygens (including phenoxy) is 1. The molecule has 4 nitrogen and oxygen atoms in total. The maximum absolute atomic E-state index is 11.3. The van der Waals surface area contributed by atoms with Crippen LogP contribution in [0.5, 0.6) is 0 Å². The number of amides is 1. The van der Waals surface area contributed by atoms with Crippen LogP contribution in [0.1, 0.15) is 31.9 Å². The molecule has 0 aliphatic carbocycles. The van der Waals surface area contributed by atoms with Gasteiger partial charge in [0.2, 0.25) is 5.91 Å². The van der Waals surface area contributed by atoms with Crippen molar-refractivity contribution in [2.24, 2.45) is 0 Å². The summed E-state index contributed by atoms with van der Waals surface area (Å²) in [6.07, 6.45) is 0.368. The van der Waals surface area contributed by atoms with Gasteiger partial charge in [-0.25, -0.2) is 4.98 Å². The van der Waals surface area contributed by atoms with Crippen LogP contribution in [-0.2, 0) is 9.53 Å². The van der Waals surface area contributed by atoms with Crippen LogP contribution in [0.2, 0.25) is 0 Å². The largest absolute Gasteiger partial charge is 0.384 e. The minimum Gasteiger partial charge on any atom is -0.384 e. The van der Waals surface area contributed by atoms with Gasteiger partial charge in [0.05, 0.1) is 18.7 Å². The number of nitrogens with one attached hydrogen (secondary N) is 1. The van der Waals surface area contributed by atoms with Crippen molar-refractivity contribution in [1.82, 2.24) is 4.98 Å². The maximum atomic E-state index is 11.3. The molecule has 0 saturated carbocycles. The van der Waals surface area contributed by atoms with E-state index < -0.39 is 0 Å². The molecule has 1 amide bonds. The number of methoxy groups -OCH3 is 1. The van der Waals surface area contributed by atoms with Crippen LogP contribution in [0.3, 0.4) is 0 Å². The number of rotatable bonds is 5. The number of carbonyl (C=O) groups is 1. The Kier molecular flexibility index (Phi) is 4.71. The minimum atomic E-state index is -0.0542. The Balaban J connectivity index is 2.46. The molecule has 15 heavy (non-hydrogen) atoms. The molecule has 1 aromatic heterocycles. The van der Waals surface area contributed by atoms with Gasteiger partial charge < -0.3 is 10.1 Å². The van der Waals surface area contributed by atoms with Crippen molar-refractivity contribution in [1.29, 1.82) is 0 Å². The van der Waals surface area contributed by atoms with Crippen LogP contribution in [0.25, 0.3) is 0 Å². The second kappa shape index (κ2) is 5.82. The van der Waals surface area contributed by atoms with Crippen LogP contribution >= 0.6 is 11.3 Å². The van der Waals surface area contributed by atoms with E-state index in [-0.39, 0.29) is 5.91 Å². The number of anilines is 1. The third kappa shape index (κ3) is 3.97. The molecule has 1 heterocycles. The number of hydrogen-bond donors (Lipinski definition) is 1. The lowest BCUT2D eigenvalue weighted by molar-refractivity contribution is -0.117. The first-order chi connectivity index (χ1) is 7.13. The maximum Gasteiger partial charge on any atom is 0.228 e. The summed E-state index contributed by atoms with van der Waals surface area (Å²) >= 11 is 1.46. The zero-order valence-corrected chi connectivity index (χ0v) is 10.1. The monoisotopic (exact) mass is 228 g/mol. The summed E-state index contributed by atoms with van der Waals surface area (Å²) < 4.78 is 4.82. The Bertz CT molecular complexity index is 323. The molecule has 1 N–H and O–H groups in total. The molecular weight excluding hydrogens is 212 g/mol. The SMILES string of the molecule is COCCC(=O)Nc1nc(C(C)C)cs1. The van der Waals surface area contributed by atoms with Gasteiger partial charge in [-0.2, -0.15) is 0 Å². The van der Waals surface area contributed by atoms with E-state index in [4.69, 9.17) is 4.74 Å². The summed E-state index contributed by atoms with van der Waals surface area (Å²) in [6, 6.07) is 0. The Morgan fingerprint density at radius 1 is 1.67 bits per heavy atom. The lowest BCUT2D eigenvalue weighted by Gasteiger charge is -2.00. The normalized spacial score (nSPS) is 10.7. The molecule has 0 spiro atoms. The van der Waals surface area contributed by atoms with Gasteiger partial charge in [-0.05, 0) is 5.92 Å². The fraction of sp³-hybridized carbons (Fsp3) is 0.600. The summed E-state index contributed by atoms with van der Waals surface area (Å²) in [5, 5.41) is 5.38. The molecule has 0 fully saturated rings. The average Bonchev–Trinajstić information content (AvgIpc) is 2.63. The number of aromatic nitrogens is 1. The van der Waals surface area contributed by atoms with E-state index in [9.17, 15) is 4.79 Å². The third-order valence-electron chi connectivity index (χ3n) is 1.89. The van der Waals surface area contributed by atoms with Crippen LogP contribution in [0.15, 0.2) is 5.38 Å². The lowest BCUT2D eigenvalue weighted by Crippen LogP contribution is -2.13. The van der Waals surface area contributed by atoms with Gasteiger partial charge in [-0.15, -0.1) is 11.3 Å². The highest BCUT2D eigenvalue weighted by Crippen LogP contribution is 2.21. The standard InChI is InChI=1S/C10H16N2O2S/c1-7(2)8-6-15-10(11-8)12-9(13)4-5-14-3/h6-7H,4-5H2,1-3H3,(H,11,12,13). The van der Waals surface area contributed by atoms with E-state index in [1.54, 1.807) is 7.11 Å². The van der Waals surface area contributed by atoms with Crippen LogP contribution in [0.4, 0.5) is 5.13 Å². The summed E-state index contributed by atoms with van der Waals surface area (Å²) in [5.74, 6) is 0.340. The zero-order chi connectivity index (χ0) is 11.3. The molecule has 0 radical (unpaired) electrons. The first-order valence-corrected chi connectivity index (χ1v) is 5.75.